The monoisotopic (exact) mass is 284 g/mol. The highest BCUT2D eigenvalue weighted by atomic mass is 14.9. The van der Waals surface area contributed by atoms with Gasteiger partial charge in [-0.15, -0.1) is 0 Å². The Balaban J connectivity index is 2.27. The van der Waals surface area contributed by atoms with Crippen molar-refractivity contribution in [1.82, 2.24) is 10.3 Å². The average molecular weight is 284 g/mol. The van der Waals surface area contributed by atoms with Crippen LogP contribution in [0.3, 0.4) is 0 Å². The third-order valence-electron chi connectivity index (χ3n) is 4.23. The maximum absolute atomic E-state index is 4.59. The predicted octanol–water partition coefficient (Wildman–Crippen LogP) is 5.02. The number of nitrogens with zero attached hydrogens (tertiary/aromatic N) is 1. The van der Waals surface area contributed by atoms with Crippen LogP contribution in [0.5, 0.6) is 0 Å². The van der Waals surface area contributed by atoms with Crippen molar-refractivity contribution in [3.05, 3.63) is 41.6 Å². The van der Waals surface area contributed by atoms with Gasteiger partial charge in [0, 0.05) is 17.1 Å². The molecule has 0 aliphatic heterocycles. The minimum absolute atomic E-state index is 0.450. The van der Waals surface area contributed by atoms with Crippen LogP contribution in [0.4, 0.5) is 0 Å². The van der Waals surface area contributed by atoms with Gasteiger partial charge in [0.1, 0.15) is 0 Å². The van der Waals surface area contributed by atoms with Gasteiger partial charge in [0.05, 0.1) is 5.52 Å². The van der Waals surface area contributed by atoms with E-state index in [0.717, 1.165) is 23.7 Å². The van der Waals surface area contributed by atoms with Gasteiger partial charge in [-0.2, -0.15) is 0 Å². The molecule has 2 nitrogen and oxygen atoms in total. The molecule has 0 saturated carbocycles. The summed E-state index contributed by atoms with van der Waals surface area (Å²) in [6.45, 7) is 9.95. The second-order valence-corrected chi connectivity index (χ2v) is 6.16. The molecule has 0 radical (unpaired) electrons. The summed E-state index contributed by atoms with van der Waals surface area (Å²) < 4.78 is 0. The molecule has 2 heteroatoms. The first-order valence-electron chi connectivity index (χ1n) is 8.24. The molecule has 0 aliphatic rings. The molecule has 0 amide bonds. The van der Waals surface area contributed by atoms with E-state index in [1.807, 2.05) is 6.92 Å². The summed E-state index contributed by atoms with van der Waals surface area (Å²) in [7, 11) is 0. The van der Waals surface area contributed by atoms with Gasteiger partial charge in [0.2, 0.25) is 0 Å². The molecule has 0 aliphatic carbocycles. The molecular weight excluding hydrogens is 256 g/mol. The van der Waals surface area contributed by atoms with E-state index in [1.165, 1.54) is 30.2 Å². The van der Waals surface area contributed by atoms with Gasteiger partial charge in [0.25, 0.3) is 0 Å². The predicted molar refractivity (Wildman–Crippen MR) is 91.6 cm³/mol. The zero-order valence-electron chi connectivity index (χ0n) is 13.8. The molecule has 114 valence electrons. The molecule has 2 aromatic rings. The fraction of sp³-hybridized carbons (Fsp3) is 0.526. The SMILES string of the molecule is CCCNC(CC(C)CC)c1ccc2nc(C)ccc2c1. The number of aromatic nitrogens is 1. The summed E-state index contributed by atoms with van der Waals surface area (Å²) in [6.07, 6.45) is 3.60. The molecule has 0 bridgehead atoms. The van der Waals surface area contributed by atoms with E-state index in [9.17, 15) is 0 Å². The largest absolute Gasteiger partial charge is 0.310 e. The number of aryl methyl sites for hydroxylation is 1. The summed E-state index contributed by atoms with van der Waals surface area (Å²) in [5.74, 6) is 0.742. The lowest BCUT2D eigenvalue weighted by molar-refractivity contribution is 0.402. The van der Waals surface area contributed by atoms with Gasteiger partial charge in [-0.05, 0) is 56.0 Å². The molecule has 1 N–H and O–H groups in total. The fourth-order valence-electron chi connectivity index (χ4n) is 2.69. The van der Waals surface area contributed by atoms with Gasteiger partial charge in [-0.1, -0.05) is 39.3 Å². The molecule has 0 spiro atoms. The van der Waals surface area contributed by atoms with Crippen LogP contribution in [0, 0.1) is 12.8 Å². The lowest BCUT2D eigenvalue weighted by Gasteiger charge is -2.22. The fourth-order valence-corrected chi connectivity index (χ4v) is 2.69. The zero-order chi connectivity index (χ0) is 15.2. The molecule has 2 rings (SSSR count). The zero-order valence-corrected chi connectivity index (χ0v) is 13.8. The number of rotatable bonds is 7. The highest BCUT2D eigenvalue weighted by Crippen LogP contribution is 2.26. The average Bonchev–Trinajstić information content (AvgIpc) is 2.50. The second kappa shape index (κ2) is 7.56. The van der Waals surface area contributed by atoms with E-state index in [-0.39, 0.29) is 0 Å². The Hall–Kier alpha value is -1.41. The third kappa shape index (κ3) is 4.28. The smallest absolute Gasteiger partial charge is 0.0705 e. The van der Waals surface area contributed by atoms with Crippen LogP contribution in [0.2, 0.25) is 0 Å². The Morgan fingerprint density at radius 2 is 1.95 bits per heavy atom. The first kappa shape index (κ1) is 16.0. The second-order valence-electron chi connectivity index (χ2n) is 6.16. The summed E-state index contributed by atoms with van der Waals surface area (Å²) in [5, 5.41) is 4.95. The Morgan fingerprint density at radius 3 is 2.67 bits per heavy atom. The summed E-state index contributed by atoms with van der Waals surface area (Å²) >= 11 is 0. The molecule has 0 fully saturated rings. The number of nitrogens with one attached hydrogen (secondary N) is 1. The van der Waals surface area contributed by atoms with Crippen molar-refractivity contribution < 1.29 is 0 Å². The number of benzene rings is 1. The Kier molecular flexibility index (Phi) is 5.75. The van der Waals surface area contributed by atoms with Gasteiger partial charge in [-0.25, -0.2) is 0 Å². The number of hydrogen-bond donors (Lipinski definition) is 1. The Morgan fingerprint density at radius 1 is 1.14 bits per heavy atom. The van der Waals surface area contributed by atoms with Crippen molar-refractivity contribution in [2.24, 2.45) is 5.92 Å². The van der Waals surface area contributed by atoms with Crippen LogP contribution in [0.25, 0.3) is 10.9 Å². The maximum Gasteiger partial charge on any atom is 0.0705 e. The molecule has 21 heavy (non-hydrogen) atoms. The molecular formula is C19H28N2. The molecule has 2 unspecified atom stereocenters. The Labute approximate surface area is 129 Å². The van der Waals surface area contributed by atoms with Crippen LogP contribution in [-0.4, -0.2) is 11.5 Å². The van der Waals surface area contributed by atoms with Gasteiger partial charge in [-0.3, -0.25) is 4.98 Å². The highest BCUT2D eigenvalue weighted by Gasteiger charge is 2.14. The van der Waals surface area contributed by atoms with E-state index < -0.39 is 0 Å². The standard InChI is InChI=1S/C19H28N2/c1-5-11-20-19(12-14(3)6-2)17-9-10-18-16(13-17)8-7-15(4)21-18/h7-10,13-14,19-20H,5-6,11-12H2,1-4H3. The van der Waals surface area contributed by atoms with E-state index in [1.54, 1.807) is 0 Å². The number of fused-ring (bicyclic) bond motifs is 1. The molecule has 1 aromatic heterocycles. The first-order valence-corrected chi connectivity index (χ1v) is 8.24. The lowest BCUT2D eigenvalue weighted by atomic mass is 9.93. The topological polar surface area (TPSA) is 24.9 Å². The van der Waals surface area contributed by atoms with Crippen molar-refractivity contribution in [3.8, 4) is 0 Å². The first-order chi connectivity index (χ1) is 10.1. The minimum atomic E-state index is 0.450. The minimum Gasteiger partial charge on any atom is -0.310 e. The van der Waals surface area contributed by atoms with Crippen LogP contribution in [0.1, 0.15) is 57.3 Å². The van der Waals surface area contributed by atoms with Crippen LogP contribution >= 0.6 is 0 Å². The van der Waals surface area contributed by atoms with Crippen molar-refractivity contribution in [1.29, 1.82) is 0 Å². The summed E-state index contributed by atoms with van der Waals surface area (Å²) in [5.41, 5.74) is 3.56. The van der Waals surface area contributed by atoms with E-state index in [0.29, 0.717) is 6.04 Å². The molecule has 1 heterocycles. The van der Waals surface area contributed by atoms with Crippen molar-refractivity contribution >= 4 is 10.9 Å². The highest BCUT2D eigenvalue weighted by molar-refractivity contribution is 5.79. The van der Waals surface area contributed by atoms with Gasteiger partial charge >= 0.3 is 0 Å². The summed E-state index contributed by atoms with van der Waals surface area (Å²) in [4.78, 5) is 4.59. The van der Waals surface area contributed by atoms with Crippen molar-refractivity contribution in [3.63, 3.8) is 0 Å². The lowest BCUT2D eigenvalue weighted by Crippen LogP contribution is -2.24. The van der Waals surface area contributed by atoms with Crippen molar-refractivity contribution in [2.75, 3.05) is 6.54 Å². The van der Waals surface area contributed by atoms with E-state index in [2.05, 4.69) is 61.4 Å². The van der Waals surface area contributed by atoms with Crippen LogP contribution in [-0.2, 0) is 0 Å². The third-order valence-corrected chi connectivity index (χ3v) is 4.23. The molecule has 0 saturated heterocycles. The number of hydrogen-bond acceptors (Lipinski definition) is 2. The molecule has 2 atom stereocenters. The Bertz CT molecular complexity index is 577. The normalized spacial score (nSPS) is 14.3. The van der Waals surface area contributed by atoms with Crippen LogP contribution in [0.15, 0.2) is 30.3 Å². The molecule has 1 aromatic carbocycles. The van der Waals surface area contributed by atoms with E-state index >= 15 is 0 Å². The quantitative estimate of drug-likeness (QED) is 0.772. The van der Waals surface area contributed by atoms with Crippen LogP contribution < -0.4 is 5.32 Å². The number of pyridine rings is 1. The summed E-state index contributed by atoms with van der Waals surface area (Å²) in [6, 6.07) is 11.4. The van der Waals surface area contributed by atoms with Gasteiger partial charge in [0.15, 0.2) is 0 Å². The van der Waals surface area contributed by atoms with Gasteiger partial charge < -0.3 is 5.32 Å². The van der Waals surface area contributed by atoms with Crippen molar-refractivity contribution in [2.45, 2.75) is 53.0 Å². The maximum atomic E-state index is 4.59. The van der Waals surface area contributed by atoms with E-state index in [4.69, 9.17) is 0 Å².